The first-order valence-corrected chi connectivity index (χ1v) is 7.13. The largest absolute Gasteiger partial charge is 0.288 e. The number of aromatic nitrogens is 1. The van der Waals surface area contributed by atoms with Crippen LogP contribution in [0.4, 0.5) is 0 Å². The van der Waals surface area contributed by atoms with Gasteiger partial charge in [0.05, 0.1) is 5.52 Å². The fraction of sp³-hybridized carbons (Fsp3) is 0. The van der Waals surface area contributed by atoms with Crippen molar-refractivity contribution in [1.82, 2.24) is 4.98 Å². The van der Waals surface area contributed by atoms with Crippen molar-refractivity contribution < 1.29 is 4.79 Å². The summed E-state index contributed by atoms with van der Waals surface area (Å²) < 4.78 is 0. The van der Waals surface area contributed by atoms with Crippen molar-refractivity contribution in [3.05, 3.63) is 96.2 Å². The minimum atomic E-state index is -0.0940. The molecule has 2 heteroatoms. The number of allylic oxidation sites excluding steroid dienone is 3. The van der Waals surface area contributed by atoms with Crippen molar-refractivity contribution in [2.45, 2.75) is 0 Å². The van der Waals surface area contributed by atoms with Crippen LogP contribution in [-0.2, 0) is 0 Å². The molecule has 0 aliphatic rings. The average Bonchev–Trinajstić information content (AvgIpc) is 2.59. The van der Waals surface area contributed by atoms with E-state index in [1.165, 1.54) is 6.08 Å². The zero-order valence-corrected chi connectivity index (χ0v) is 12.0. The molecule has 0 saturated carbocycles. The van der Waals surface area contributed by atoms with E-state index in [0.29, 0.717) is 5.69 Å². The second-order valence-corrected chi connectivity index (χ2v) is 4.88. The van der Waals surface area contributed by atoms with Crippen LogP contribution in [0.15, 0.2) is 85.0 Å². The third kappa shape index (κ3) is 3.36. The summed E-state index contributed by atoms with van der Waals surface area (Å²) in [6.07, 6.45) is 7.09. The highest BCUT2D eigenvalue weighted by Gasteiger charge is 2.03. The van der Waals surface area contributed by atoms with E-state index in [-0.39, 0.29) is 5.78 Å². The second kappa shape index (κ2) is 6.64. The average molecular weight is 285 g/mol. The molecule has 0 fully saturated rings. The molecule has 2 nitrogen and oxygen atoms in total. The lowest BCUT2D eigenvalue weighted by Gasteiger charge is -1.99. The molecule has 0 amide bonds. The summed E-state index contributed by atoms with van der Waals surface area (Å²) in [5.41, 5.74) is 2.40. The molecule has 0 aliphatic heterocycles. The van der Waals surface area contributed by atoms with Crippen molar-refractivity contribution in [2.24, 2.45) is 0 Å². The quantitative estimate of drug-likeness (QED) is 0.395. The highest BCUT2D eigenvalue weighted by Crippen LogP contribution is 2.12. The van der Waals surface area contributed by atoms with Gasteiger partial charge in [0.1, 0.15) is 5.69 Å². The first-order valence-electron chi connectivity index (χ1n) is 7.13. The van der Waals surface area contributed by atoms with Gasteiger partial charge < -0.3 is 0 Å². The van der Waals surface area contributed by atoms with Gasteiger partial charge >= 0.3 is 0 Å². The van der Waals surface area contributed by atoms with E-state index in [2.05, 4.69) is 4.98 Å². The van der Waals surface area contributed by atoms with E-state index in [9.17, 15) is 4.79 Å². The minimum Gasteiger partial charge on any atom is -0.288 e. The van der Waals surface area contributed by atoms with Crippen LogP contribution in [0.1, 0.15) is 16.1 Å². The predicted octanol–water partition coefficient (Wildman–Crippen LogP) is 4.69. The van der Waals surface area contributed by atoms with E-state index in [1.54, 1.807) is 12.1 Å². The molecule has 3 rings (SSSR count). The van der Waals surface area contributed by atoms with Gasteiger partial charge in [0, 0.05) is 5.39 Å². The number of hydrogen-bond donors (Lipinski definition) is 0. The number of benzene rings is 2. The lowest BCUT2D eigenvalue weighted by Crippen LogP contribution is -1.97. The van der Waals surface area contributed by atoms with E-state index in [1.807, 2.05) is 72.8 Å². The van der Waals surface area contributed by atoms with Crippen LogP contribution in [0.5, 0.6) is 0 Å². The number of carbonyl (C=O) groups is 1. The van der Waals surface area contributed by atoms with Crippen molar-refractivity contribution in [3.8, 4) is 0 Å². The van der Waals surface area contributed by atoms with Gasteiger partial charge in [-0.2, -0.15) is 0 Å². The molecule has 1 heterocycles. The fourth-order valence-electron chi connectivity index (χ4n) is 2.16. The Bertz CT molecular complexity index is 848. The highest BCUT2D eigenvalue weighted by molar-refractivity contribution is 6.04. The zero-order valence-electron chi connectivity index (χ0n) is 12.0. The van der Waals surface area contributed by atoms with Gasteiger partial charge in [-0.25, -0.2) is 4.98 Å². The van der Waals surface area contributed by atoms with Gasteiger partial charge in [0.25, 0.3) is 0 Å². The molecule has 0 N–H and O–H groups in total. The Balaban J connectivity index is 1.73. The van der Waals surface area contributed by atoms with Crippen molar-refractivity contribution >= 4 is 22.8 Å². The SMILES string of the molecule is O=C(C=CC=Cc1ccccc1)c1ccc2ccccc2n1. The Kier molecular flexibility index (Phi) is 4.21. The monoisotopic (exact) mass is 285 g/mol. The minimum absolute atomic E-state index is 0.0940. The smallest absolute Gasteiger partial charge is 0.204 e. The molecule has 0 bridgehead atoms. The van der Waals surface area contributed by atoms with E-state index >= 15 is 0 Å². The number of rotatable bonds is 4. The Morgan fingerprint density at radius 3 is 2.45 bits per heavy atom. The van der Waals surface area contributed by atoms with Gasteiger partial charge in [0.2, 0.25) is 5.78 Å². The lowest BCUT2D eigenvalue weighted by molar-refractivity contribution is 0.104. The Morgan fingerprint density at radius 2 is 1.59 bits per heavy atom. The van der Waals surface area contributed by atoms with Crippen molar-refractivity contribution in [3.63, 3.8) is 0 Å². The number of pyridine rings is 1. The molecule has 0 aliphatic carbocycles. The van der Waals surface area contributed by atoms with Gasteiger partial charge in [-0.15, -0.1) is 0 Å². The molecule has 3 aromatic rings. The number of hydrogen-bond acceptors (Lipinski definition) is 2. The summed E-state index contributed by atoms with van der Waals surface area (Å²) in [4.78, 5) is 16.5. The number of carbonyl (C=O) groups excluding carboxylic acids is 1. The van der Waals surface area contributed by atoms with Gasteiger partial charge in [-0.05, 0) is 23.8 Å². The van der Waals surface area contributed by atoms with Gasteiger partial charge in [-0.3, -0.25) is 4.79 Å². The molecule has 0 atom stereocenters. The summed E-state index contributed by atoms with van der Waals surface area (Å²) >= 11 is 0. The maximum atomic E-state index is 12.1. The Labute approximate surface area is 129 Å². The summed E-state index contributed by atoms with van der Waals surface area (Å²) in [5.74, 6) is -0.0940. The second-order valence-electron chi connectivity index (χ2n) is 4.88. The lowest BCUT2D eigenvalue weighted by atomic mass is 10.1. The summed E-state index contributed by atoms with van der Waals surface area (Å²) in [6, 6.07) is 21.4. The fourth-order valence-corrected chi connectivity index (χ4v) is 2.16. The first kappa shape index (κ1) is 14.0. The number of nitrogens with zero attached hydrogens (tertiary/aromatic N) is 1. The zero-order chi connectivity index (χ0) is 15.2. The molecule has 0 radical (unpaired) electrons. The molecule has 0 saturated heterocycles. The van der Waals surface area contributed by atoms with E-state index in [0.717, 1.165) is 16.5 Å². The first-order chi connectivity index (χ1) is 10.8. The van der Waals surface area contributed by atoms with Crippen molar-refractivity contribution in [1.29, 1.82) is 0 Å². The van der Waals surface area contributed by atoms with Crippen LogP contribution in [-0.4, -0.2) is 10.8 Å². The van der Waals surface area contributed by atoms with E-state index < -0.39 is 0 Å². The summed E-state index contributed by atoms with van der Waals surface area (Å²) in [6.45, 7) is 0. The van der Waals surface area contributed by atoms with Gasteiger partial charge in [0.15, 0.2) is 0 Å². The van der Waals surface area contributed by atoms with Crippen LogP contribution in [0.2, 0.25) is 0 Å². The predicted molar refractivity (Wildman–Crippen MR) is 90.7 cm³/mol. The molecule has 0 unspecified atom stereocenters. The summed E-state index contributed by atoms with van der Waals surface area (Å²) in [5, 5.41) is 1.03. The molecular formula is C20H15NO. The molecular weight excluding hydrogens is 270 g/mol. The molecule has 0 spiro atoms. The third-order valence-corrected chi connectivity index (χ3v) is 3.30. The van der Waals surface area contributed by atoms with Gasteiger partial charge in [-0.1, -0.05) is 72.8 Å². The van der Waals surface area contributed by atoms with Crippen LogP contribution in [0.25, 0.3) is 17.0 Å². The van der Waals surface area contributed by atoms with Crippen LogP contribution >= 0.6 is 0 Å². The van der Waals surface area contributed by atoms with Crippen LogP contribution in [0, 0.1) is 0 Å². The molecule has 2 aromatic carbocycles. The molecule has 106 valence electrons. The topological polar surface area (TPSA) is 30.0 Å². The van der Waals surface area contributed by atoms with Crippen LogP contribution in [0.3, 0.4) is 0 Å². The Morgan fingerprint density at radius 1 is 0.818 bits per heavy atom. The number of ketones is 1. The maximum absolute atomic E-state index is 12.1. The Hall–Kier alpha value is -3.00. The van der Waals surface area contributed by atoms with Crippen LogP contribution < -0.4 is 0 Å². The number of para-hydroxylation sites is 1. The van der Waals surface area contributed by atoms with Crippen molar-refractivity contribution in [2.75, 3.05) is 0 Å². The molecule has 1 aromatic heterocycles. The molecule has 22 heavy (non-hydrogen) atoms. The maximum Gasteiger partial charge on any atom is 0.204 e. The standard InChI is InChI=1S/C20H15NO/c22-20(13-7-4-10-16-8-2-1-3-9-16)19-15-14-17-11-5-6-12-18(17)21-19/h1-15H. The third-order valence-electron chi connectivity index (χ3n) is 3.30. The van der Waals surface area contributed by atoms with E-state index in [4.69, 9.17) is 0 Å². The summed E-state index contributed by atoms with van der Waals surface area (Å²) in [7, 11) is 0. The number of fused-ring (bicyclic) bond motifs is 1. The normalized spacial score (nSPS) is 11.5. The highest BCUT2D eigenvalue weighted by atomic mass is 16.1.